The van der Waals surface area contributed by atoms with Crippen molar-refractivity contribution in [3.63, 3.8) is 0 Å². The van der Waals surface area contributed by atoms with E-state index < -0.39 is 15.3 Å². The summed E-state index contributed by atoms with van der Waals surface area (Å²) in [7, 11) is -3.83. The summed E-state index contributed by atoms with van der Waals surface area (Å²) in [5, 5.41) is 8.18. The van der Waals surface area contributed by atoms with E-state index in [2.05, 4.69) is 19.2 Å². The number of rotatable bonds is 7. The van der Waals surface area contributed by atoms with E-state index >= 15 is 0 Å². The summed E-state index contributed by atoms with van der Waals surface area (Å²) in [6, 6.07) is 20.4. The van der Waals surface area contributed by atoms with Crippen LogP contribution in [0.15, 0.2) is 87.6 Å². The third kappa shape index (κ3) is 5.35. The summed E-state index contributed by atoms with van der Waals surface area (Å²) in [5.41, 5.74) is 2.49. The number of hydrogen-bond acceptors (Lipinski definition) is 6. The number of sulfonamides is 1. The van der Waals surface area contributed by atoms with Crippen LogP contribution in [0.4, 0.5) is 5.69 Å². The minimum absolute atomic E-state index is 0.0453. The Morgan fingerprint density at radius 1 is 0.972 bits per heavy atom. The van der Waals surface area contributed by atoms with Crippen molar-refractivity contribution in [3.8, 4) is 5.69 Å². The van der Waals surface area contributed by atoms with Gasteiger partial charge in [0.15, 0.2) is 5.16 Å². The van der Waals surface area contributed by atoms with Crippen LogP contribution in [0.5, 0.6) is 0 Å². The summed E-state index contributed by atoms with van der Waals surface area (Å²) in [6.07, 6.45) is 0. The zero-order valence-electron chi connectivity index (χ0n) is 20.0. The van der Waals surface area contributed by atoms with E-state index in [1.165, 1.54) is 36.0 Å². The lowest BCUT2D eigenvalue weighted by Crippen LogP contribution is -2.27. The number of fused-ring (bicyclic) bond motifs is 1. The molecule has 1 atom stereocenters. The molecule has 1 amide bonds. The molecule has 3 N–H and O–H groups in total. The Kier molecular flexibility index (Phi) is 7.30. The van der Waals surface area contributed by atoms with Crippen LogP contribution < -0.4 is 16.0 Å². The number of hydrogen-bond donors (Lipinski definition) is 2. The highest BCUT2D eigenvalue weighted by molar-refractivity contribution is 8.00. The molecule has 0 aliphatic heterocycles. The number of nitrogens with two attached hydrogens (primary N) is 1. The van der Waals surface area contributed by atoms with E-state index in [0.29, 0.717) is 21.7 Å². The van der Waals surface area contributed by atoms with Gasteiger partial charge in [-0.2, -0.15) is 0 Å². The Labute approximate surface area is 213 Å². The number of nitrogens with zero attached hydrogens (tertiary/aromatic N) is 2. The highest BCUT2D eigenvalue weighted by Crippen LogP contribution is 2.29. The number of amides is 1. The molecule has 1 aromatic heterocycles. The van der Waals surface area contributed by atoms with Gasteiger partial charge in [-0.25, -0.2) is 18.5 Å². The molecule has 0 fully saturated rings. The standard InChI is InChI=1S/C26H26N4O4S2/c1-16(2)20-8-5-7-11-23(20)30-25(32)21-9-4-6-10-22(21)29-26(30)35-17(3)24(31)28-18-12-14-19(15-13-18)36(27,33)34/h4-17H,1-3H3,(H,28,31)(H2,27,33,34). The van der Waals surface area contributed by atoms with Crippen LogP contribution in [-0.2, 0) is 14.8 Å². The van der Waals surface area contributed by atoms with E-state index in [1.807, 2.05) is 30.3 Å². The Bertz CT molecular complexity index is 1600. The van der Waals surface area contributed by atoms with Crippen LogP contribution in [0.25, 0.3) is 16.6 Å². The van der Waals surface area contributed by atoms with Crippen molar-refractivity contribution in [2.45, 2.75) is 42.0 Å². The minimum atomic E-state index is -3.83. The molecule has 0 radical (unpaired) electrons. The topological polar surface area (TPSA) is 124 Å². The van der Waals surface area contributed by atoms with Crippen LogP contribution in [0.2, 0.25) is 0 Å². The smallest absolute Gasteiger partial charge is 0.266 e. The number of carbonyl (C=O) groups excluding carboxylic acids is 1. The number of nitrogens with one attached hydrogen (secondary N) is 1. The minimum Gasteiger partial charge on any atom is -0.325 e. The van der Waals surface area contributed by atoms with Gasteiger partial charge in [0.1, 0.15) is 0 Å². The highest BCUT2D eigenvalue weighted by Gasteiger charge is 2.22. The van der Waals surface area contributed by atoms with Crippen LogP contribution in [0.3, 0.4) is 0 Å². The SMILES string of the molecule is CC(Sc1nc2ccccc2c(=O)n1-c1ccccc1C(C)C)C(=O)Nc1ccc(S(N)(=O)=O)cc1. The fraction of sp³-hybridized carbons (Fsp3) is 0.192. The van der Waals surface area contributed by atoms with Gasteiger partial charge in [0.25, 0.3) is 5.56 Å². The van der Waals surface area contributed by atoms with Gasteiger partial charge >= 0.3 is 0 Å². The number of thioether (sulfide) groups is 1. The van der Waals surface area contributed by atoms with Gasteiger partial charge in [0.05, 0.1) is 26.7 Å². The molecular formula is C26H26N4O4S2. The lowest BCUT2D eigenvalue weighted by atomic mass is 10.0. The lowest BCUT2D eigenvalue weighted by Gasteiger charge is -2.19. The van der Waals surface area contributed by atoms with Crippen molar-refractivity contribution in [2.24, 2.45) is 5.14 Å². The molecule has 10 heteroatoms. The Balaban J connectivity index is 1.71. The Hall–Kier alpha value is -3.47. The second-order valence-electron chi connectivity index (χ2n) is 8.58. The van der Waals surface area contributed by atoms with E-state index in [0.717, 1.165) is 11.3 Å². The first-order chi connectivity index (χ1) is 17.1. The molecule has 3 aromatic carbocycles. The van der Waals surface area contributed by atoms with Gasteiger partial charge in [0.2, 0.25) is 15.9 Å². The molecule has 0 saturated carbocycles. The van der Waals surface area contributed by atoms with Gasteiger partial charge in [-0.15, -0.1) is 0 Å². The Morgan fingerprint density at radius 2 is 1.61 bits per heavy atom. The second-order valence-corrected chi connectivity index (χ2v) is 11.5. The molecular weight excluding hydrogens is 496 g/mol. The van der Waals surface area contributed by atoms with Crippen molar-refractivity contribution in [1.82, 2.24) is 9.55 Å². The van der Waals surface area contributed by atoms with Crippen LogP contribution in [-0.4, -0.2) is 29.1 Å². The van der Waals surface area contributed by atoms with Crippen molar-refractivity contribution in [1.29, 1.82) is 0 Å². The predicted octanol–water partition coefficient (Wildman–Crippen LogP) is 4.28. The summed E-state index contributed by atoms with van der Waals surface area (Å²) in [6.45, 7) is 5.84. The fourth-order valence-corrected chi connectivity index (χ4v) is 5.20. The van der Waals surface area contributed by atoms with Gasteiger partial charge in [-0.05, 0) is 60.9 Å². The molecule has 4 aromatic rings. The number of para-hydroxylation sites is 2. The third-order valence-corrected chi connectivity index (χ3v) is 7.63. The van der Waals surface area contributed by atoms with Crippen molar-refractivity contribution in [2.75, 3.05) is 5.32 Å². The molecule has 1 unspecified atom stereocenters. The van der Waals surface area contributed by atoms with Gasteiger partial charge in [0, 0.05) is 5.69 Å². The maximum absolute atomic E-state index is 13.6. The monoisotopic (exact) mass is 522 g/mol. The molecule has 0 bridgehead atoms. The molecule has 0 aliphatic carbocycles. The van der Waals surface area contributed by atoms with E-state index in [4.69, 9.17) is 10.1 Å². The first-order valence-electron chi connectivity index (χ1n) is 11.3. The molecule has 0 saturated heterocycles. The molecule has 186 valence electrons. The number of benzene rings is 3. The molecule has 0 aliphatic rings. The van der Waals surface area contributed by atoms with Crippen molar-refractivity contribution in [3.05, 3.63) is 88.7 Å². The molecule has 8 nitrogen and oxygen atoms in total. The van der Waals surface area contributed by atoms with Gasteiger partial charge in [-0.1, -0.05) is 55.9 Å². The number of aromatic nitrogens is 2. The number of primary sulfonamides is 1. The summed E-state index contributed by atoms with van der Waals surface area (Å²) in [4.78, 5) is 31.3. The first kappa shape index (κ1) is 25.6. The third-order valence-electron chi connectivity index (χ3n) is 5.65. The van der Waals surface area contributed by atoms with E-state index in [9.17, 15) is 18.0 Å². The number of carbonyl (C=O) groups is 1. The lowest BCUT2D eigenvalue weighted by molar-refractivity contribution is -0.115. The first-order valence-corrected chi connectivity index (χ1v) is 13.7. The van der Waals surface area contributed by atoms with E-state index in [-0.39, 0.29) is 22.3 Å². The summed E-state index contributed by atoms with van der Waals surface area (Å²) in [5.74, 6) is -0.159. The van der Waals surface area contributed by atoms with Crippen LogP contribution in [0.1, 0.15) is 32.3 Å². The maximum atomic E-state index is 13.6. The van der Waals surface area contributed by atoms with E-state index in [1.54, 1.807) is 29.7 Å². The zero-order valence-corrected chi connectivity index (χ0v) is 21.6. The Morgan fingerprint density at radius 3 is 2.28 bits per heavy atom. The fourth-order valence-electron chi connectivity index (χ4n) is 3.77. The normalized spacial score (nSPS) is 12.6. The van der Waals surface area contributed by atoms with Crippen LogP contribution >= 0.6 is 11.8 Å². The van der Waals surface area contributed by atoms with Crippen molar-refractivity contribution < 1.29 is 13.2 Å². The summed E-state index contributed by atoms with van der Waals surface area (Å²) < 4.78 is 24.5. The van der Waals surface area contributed by atoms with Crippen LogP contribution in [0, 0.1) is 0 Å². The molecule has 36 heavy (non-hydrogen) atoms. The van der Waals surface area contributed by atoms with Gasteiger partial charge in [-0.3, -0.25) is 14.2 Å². The average Bonchev–Trinajstić information content (AvgIpc) is 2.84. The zero-order chi connectivity index (χ0) is 26.0. The molecule has 1 heterocycles. The average molecular weight is 523 g/mol. The number of anilines is 1. The predicted molar refractivity (Wildman–Crippen MR) is 143 cm³/mol. The molecule has 4 rings (SSSR count). The molecule has 0 spiro atoms. The quantitative estimate of drug-likeness (QED) is 0.276. The van der Waals surface area contributed by atoms with Gasteiger partial charge < -0.3 is 5.32 Å². The maximum Gasteiger partial charge on any atom is 0.266 e. The second kappa shape index (κ2) is 10.3. The summed E-state index contributed by atoms with van der Waals surface area (Å²) >= 11 is 1.17. The highest BCUT2D eigenvalue weighted by atomic mass is 32.2. The van der Waals surface area contributed by atoms with Crippen molar-refractivity contribution >= 4 is 44.3 Å². The largest absolute Gasteiger partial charge is 0.325 e.